The van der Waals surface area contributed by atoms with Crippen LogP contribution in [0.1, 0.15) is 61.2 Å². The average Bonchev–Trinajstić information content (AvgIpc) is 2.87. The van der Waals surface area contributed by atoms with Crippen molar-refractivity contribution in [3.05, 3.63) is 24.8 Å². The van der Waals surface area contributed by atoms with Crippen molar-refractivity contribution in [1.82, 2.24) is 0 Å². The maximum atomic E-state index is 12.9. The fraction of sp³-hybridized carbons (Fsp3) is 0.762. The van der Waals surface area contributed by atoms with Crippen molar-refractivity contribution in [1.29, 1.82) is 0 Å². The minimum Gasteiger partial charge on any atom is -0.392 e. The number of ketones is 1. The van der Waals surface area contributed by atoms with Gasteiger partial charge in [-0.1, -0.05) is 45.9 Å². The van der Waals surface area contributed by atoms with Crippen molar-refractivity contribution in [3.63, 3.8) is 0 Å². The van der Waals surface area contributed by atoms with Crippen LogP contribution in [0.4, 0.5) is 0 Å². The Balaban J connectivity index is 2.29. The molecule has 0 radical (unpaired) electrons. The van der Waals surface area contributed by atoms with Crippen LogP contribution in [0.2, 0.25) is 0 Å². The van der Waals surface area contributed by atoms with Gasteiger partial charge in [-0.15, -0.1) is 6.58 Å². The lowest BCUT2D eigenvalue weighted by molar-refractivity contribution is -0.154. The van der Waals surface area contributed by atoms with E-state index in [0.29, 0.717) is 12.8 Å². The van der Waals surface area contributed by atoms with Gasteiger partial charge in [-0.2, -0.15) is 0 Å². The second kappa shape index (κ2) is 5.05. The van der Waals surface area contributed by atoms with Crippen LogP contribution in [0, 0.1) is 34.0 Å². The first-order valence-corrected chi connectivity index (χ1v) is 9.04. The third-order valence-corrected chi connectivity index (χ3v) is 8.13. The number of Topliss-reactive ketones (excluding diaryl/α,β-unsaturated/α-hetero) is 1. The second-order valence-corrected chi connectivity index (χ2v) is 8.86. The first kappa shape index (κ1) is 15.6. The predicted molar refractivity (Wildman–Crippen MR) is 93.9 cm³/mol. The summed E-state index contributed by atoms with van der Waals surface area (Å²) in [4.78, 5) is 12.9. The lowest BCUT2D eigenvalue weighted by Crippen LogP contribution is -2.59. The monoisotopic (exact) mass is 317 g/mol. The highest BCUT2D eigenvalue weighted by molar-refractivity contribution is 5.86. The number of carbonyl (C=O) groups is 1. The zero-order valence-corrected chi connectivity index (χ0v) is 15.1. The van der Waals surface area contributed by atoms with E-state index in [1.807, 2.05) is 13.0 Å². The van der Waals surface area contributed by atoms with E-state index < -0.39 is 16.9 Å². The maximum Gasteiger partial charge on any atom is 0.137 e. The van der Waals surface area contributed by atoms with Crippen LogP contribution < -0.4 is 0 Å². The van der Waals surface area contributed by atoms with Crippen LogP contribution >= 0.6 is 0 Å². The molecule has 7 atom stereocenters. The molecule has 3 saturated carbocycles. The van der Waals surface area contributed by atoms with Gasteiger partial charge in [-0.3, -0.25) is 4.79 Å². The first-order valence-electron chi connectivity index (χ1n) is 9.54. The number of hydrogen-bond acceptors (Lipinski definition) is 2. The molecule has 6 unspecified atom stereocenters. The summed E-state index contributed by atoms with van der Waals surface area (Å²) in [6.45, 7) is 16.8. The van der Waals surface area contributed by atoms with Crippen molar-refractivity contribution < 1.29 is 11.3 Å². The van der Waals surface area contributed by atoms with Gasteiger partial charge in [0.05, 0.1) is 7.45 Å². The summed E-state index contributed by atoms with van der Waals surface area (Å²) in [6.07, 6.45) is 3.81. The quantitative estimate of drug-likeness (QED) is 0.721. The Bertz CT molecular complexity index is 609. The van der Waals surface area contributed by atoms with Crippen molar-refractivity contribution >= 4 is 5.78 Å². The molecule has 3 rings (SSSR count). The van der Waals surface area contributed by atoms with Gasteiger partial charge in [-0.05, 0) is 42.9 Å². The summed E-state index contributed by atoms with van der Waals surface area (Å²) in [5.74, 6) is 0.180. The van der Waals surface area contributed by atoms with Gasteiger partial charge in [0.1, 0.15) is 5.78 Å². The molecule has 2 nitrogen and oxygen atoms in total. The summed E-state index contributed by atoms with van der Waals surface area (Å²) in [7, 11) is 0. The summed E-state index contributed by atoms with van der Waals surface area (Å²) in [5, 5.41) is 11.4. The predicted octanol–water partition coefficient (Wildman–Crippen LogP) is 4.54. The van der Waals surface area contributed by atoms with Crippen LogP contribution in [0.3, 0.4) is 0 Å². The smallest absolute Gasteiger partial charge is 0.137 e. The third kappa shape index (κ3) is 1.94. The van der Waals surface area contributed by atoms with E-state index in [2.05, 4.69) is 33.9 Å². The van der Waals surface area contributed by atoms with E-state index >= 15 is 0 Å². The van der Waals surface area contributed by atoms with Crippen LogP contribution in [-0.2, 0) is 4.79 Å². The summed E-state index contributed by atoms with van der Waals surface area (Å²) in [6, 6.07) is 0. The van der Waals surface area contributed by atoms with Gasteiger partial charge < -0.3 is 5.11 Å². The molecule has 0 aliphatic heterocycles. The van der Waals surface area contributed by atoms with E-state index in [0.717, 1.165) is 24.8 Å². The Morgan fingerprint density at radius 2 is 2.00 bits per heavy atom. The van der Waals surface area contributed by atoms with E-state index in [-0.39, 0.29) is 29.0 Å². The molecule has 3 aliphatic rings. The molecule has 0 aromatic rings. The molecule has 0 aromatic carbocycles. The first-order chi connectivity index (χ1) is 11.0. The van der Waals surface area contributed by atoms with Crippen LogP contribution in [0.25, 0.3) is 0 Å². The van der Waals surface area contributed by atoms with E-state index in [4.69, 9.17) is 1.37 Å². The molecule has 2 heteroatoms. The Morgan fingerprint density at radius 3 is 2.61 bits per heavy atom. The van der Waals surface area contributed by atoms with Crippen molar-refractivity contribution in [2.75, 3.05) is 0 Å². The highest BCUT2D eigenvalue weighted by Crippen LogP contribution is 2.68. The van der Waals surface area contributed by atoms with E-state index in [1.54, 1.807) is 0 Å². The standard InChI is InChI=1S/C21H32O2/c1-7-19(5)12-17(23)20(6)13(2)8-10-21(15(4)14(19)3)11-9-16(22)18(20)21/h7,13-14,17-18,23H,1,4,8-12H2,2-3,5-6H3/t13?,14?,17-,18?,19?,20?,21?/m1/s1/i17D. The molecule has 0 heterocycles. The van der Waals surface area contributed by atoms with E-state index in [1.165, 1.54) is 0 Å². The fourth-order valence-corrected chi connectivity index (χ4v) is 5.92. The molecule has 1 N–H and O–H groups in total. The van der Waals surface area contributed by atoms with Gasteiger partial charge in [0, 0.05) is 23.2 Å². The molecule has 23 heavy (non-hydrogen) atoms. The number of allylic oxidation sites excluding steroid dienone is 2. The molecule has 0 aromatic heterocycles. The summed E-state index contributed by atoms with van der Waals surface area (Å²) >= 11 is 0. The van der Waals surface area contributed by atoms with Gasteiger partial charge in [0.15, 0.2) is 0 Å². The highest BCUT2D eigenvalue weighted by Gasteiger charge is 2.65. The Morgan fingerprint density at radius 1 is 1.35 bits per heavy atom. The topological polar surface area (TPSA) is 37.3 Å². The zero-order valence-electron chi connectivity index (χ0n) is 16.1. The number of rotatable bonds is 1. The number of aliphatic hydroxyl groups is 1. The largest absolute Gasteiger partial charge is 0.392 e. The molecule has 3 fully saturated rings. The SMILES string of the molecule is [2H][C@@]1(O)CC(C)(C=C)C(C)C(=C)C23CCC(=O)C2C1(C)C(C)CC3. The fourth-order valence-electron chi connectivity index (χ4n) is 5.92. The van der Waals surface area contributed by atoms with Gasteiger partial charge in [-0.25, -0.2) is 0 Å². The second-order valence-electron chi connectivity index (χ2n) is 8.86. The van der Waals surface area contributed by atoms with Gasteiger partial charge in [0.2, 0.25) is 0 Å². The summed E-state index contributed by atoms with van der Waals surface area (Å²) < 4.78 is 8.95. The molecular formula is C21H32O2. The third-order valence-electron chi connectivity index (χ3n) is 8.13. The van der Waals surface area contributed by atoms with Crippen LogP contribution in [-0.4, -0.2) is 17.0 Å². The minimum absolute atomic E-state index is 0.0956. The van der Waals surface area contributed by atoms with Crippen molar-refractivity contribution in [3.8, 4) is 0 Å². The molecular weight excluding hydrogens is 284 g/mol. The number of hydrogen-bond donors (Lipinski definition) is 1. The minimum atomic E-state index is -1.65. The highest BCUT2D eigenvalue weighted by atomic mass is 16.3. The maximum absolute atomic E-state index is 12.9. The lowest BCUT2D eigenvalue weighted by Gasteiger charge is -2.60. The Hall–Kier alpha value is -0.890. The molecule has 0 spiro atoms. The molecule has 0 amide bonds. The van der Waals surface area contributed by atoms with E-state index in [9.17, 15) is 9.90 Å². The average molecular weight is 317 g/mol. The zero-order chi connectivity index (χ0) is 18.1. The molecule has 2 bridgehead atoms. The molecule has 128 valence electrons. The summed E-state index contributed by atoms with van der Waals surface area (Å²) in [5.41, 5.74) is -0.242. The molecule has 0 saturated heterocycles. The number of carbonyl (C=O) groups excluding carboxylic acids is 1. The van der Waals surface area contributed by atoms with Crippen molar-refractivity contribution in [2.45, 2.75) is 65.9 Å². The molecule has 3 aliphatic carbocycles. The van der Waals surface area contributed by atoms with Gasteiger partial charge >= 0.3 is 0 Å². The van der Waals surface area contributed by atoms with Gasteiger partial charge in [0.25, 0.3) is 0 Å². The Kier molecular flexibility index (Phi) is 3.43. The normalized spacial score (nSPS) is 57.3. The Labute approximate surface area is 142 Å². The van der Waals surface area contributed by atoms with Crippen LogP contribution in [0.5, 0.6) is 0 Å². The van der Waals surface area contributed by atoms with Crippen LogP contribution in [0.15, 0.2) is 24.8 Å². The lowest BCUT2D eigenvalue weighted by atomic mass is 9.44. The van der Waals surface area contributed by atoms with Crippen molar-refractivity contribution in [2.24, 2.45) is 34.0 Å².